The molecule has 1 rings (SSSR count). The molecule has 0 radical (unpaired) electrons. The molecule has 0 saturated heterocycles. The van der Waals surface area contributed by atoms with Crippen LogP contribution in [0.3, 0.4) is 0 Å². The van der Waals surface area contributed by atoms with Crippen LogP contribution in [-0.4, -0.2) is 73.9 Å². The van der Waals surface area contributed by atoms with Crippen LogP contribution in [0.4, 0.5) is 0 Å². The number of ether oxygens (including phenoxy) is 1. The van der Waals surface area contributed by atoms with Crippen LogP contribution in [0.25, 0.3) is 0 Å². The lowest BCUT2D eigenvalue weighted by Crippen LogP contribution is -2.54. The summed E-state index contributed by atoms with van der Waals surface area (Å²) in [6.45, 7) is 5.83. The van der Waals surface area contributed by atoms with Crippen molar-refractivity contribution in [1.29, 1.82) is 0 Å². The van der Waals surface area contributed by atoms with Crippen LogP contribution in [0.15, 0.2) is 0 Å². The van der Waals surface area contributed by atoms with E-state index in [1.807, 2.05) is 13.8 Å². The van der Waals surface area contributed by atoms with E-state index >= 15 is 0 Å². The molecule has 0 aromatic rings. The summed E-state index contributed by atoms with van der Waals surface area (Å²) in [4.78, 5) is 22.7. The van der Waals surface area contributed by atoms with Crippen molar-refractivity contribution in [2.75, 3.05) is 0 Å². The maximum absolute atomic E-state index is 12.2. The number of rotatable bonds is 8. The zero-order valence-electron chi connectivity index (χ0n) is 14.9. The molecular weight excluding hydrogens is 332 g/mol. The normalized spacial score (nSPS) is 30.2. The van der Waals surface area contributed by atoms with Crippen LogP contribution in [0.1, 0.15) is 46.5 Å². The molecule has 5 N–H and O–H groups in total. The Balaban J connectivity index is 2.79. The Hall–Kier alpha value is -1.06. The zero-order valence-corrected chi connectivity index (χ0v) is 14.9. The van der Waals surface area contributed by atoms with E-state index in [-0.39, 0.29) is 18.1 Å². The van der Waals surface area contributed by atoms with E-state index in [2.05, 4.69) is 0 Å². The van der Waals surface area contributed by atoms with Gasteiger partial charge < -0.3 is 35.1 Å². The number of aliphatic hydroxyl groups excluding tert-OH is 5. The molecule has 0 aromatic carbocycles. The Labute approximate surface area is 147 Å². The molecule has 146 valence electrons. The second kappa shape index (κ2) is 9.05. The number of hydrogen-bond acceptors (Lipinski definition) is 8. The highest BCUT2D eigenvalue weighted by atomic mass is 16.6. The fourth-order valence-corrected chi connectivity index (χ4v) is 3.60. The smallest absolute Gasteiger partial charge is 0.338 e. The lowest BCUT2D eigenvalue weighted by molar-refractivity contribution is -0.194. The second-order valence-corrected chi connectivity index (χ2v) is 7.37. The summed E-state index contributed by atoms with van der Waals surface area (Å²) in [7, 11) is 0. The van der Waals surface area contributed by atoms with Crippen molar-refractivity contribution in [3.05, 3.63) is 0 Å². The van der Waals surface area contributed by atoms with Crippen LogP contribution < -0.4 is 0 Å². The molecule has 1 saturated carbocycles. The molecule has 0 bridgehead atoms. The standard InChI is InChI=1S/C17H30O8/c1-9(2)10-6-4-5-7-17(10,3)25-16(24)15(23)14(22)13(21)12(20)11(19)8-18/h8-15,19-23H,4-7H2,1-3H3/t10?,11-,12+,13-,14-,15?,17?/m0/s1. The van der Waals surface area contributed by atoms with E-state index in [0.717, 1.165) is 19.3 Å². The van der Waals surface area contributed by atoms with Gasteiger partial charge in [0, 0.05) is 5.92 Å². The summed E-state index contributed by atoms with van der Waals surface area (Å²) in [5.74, 6) is -0.758. The maximum Gasteiger partial charge on any atom is 0.338 e. The first kappa shape index (κ1) is 22.0. The van der Waals surface area contributed by atoms with Gasteiger partial charge in [0.1, 0.15) is 30.0 Å². The quantitative estimate of drug-likeness (QED) is 0.277. The minimum absolute atomic E-state index is 0.0262. The van der Waals surface area contributed by atoms with E-state index in [9.17, 15) is 35.1 Å². The number of hydrogen-bond donors (Lipinski definition) is 5. The molecule has 1 fully saturated rings. The topological polar surface area (TPSA) is 145 Å². The lowest BCUT2D eigenvalue weighted by Gasteiger charge is -2.43. The molecule has 1 aliphatic carbocycles. The Morgan fingerprint density at radius 2 is 1.68 bits per heavy atom. The highest BCUT2D eigenvalue weighted by Crippen LogP contribution is 2.41. The third-order valence-corrected chi connectivity index (χ3v) is 5.12. The number of aldehydes is 1. The van der Waals surface area contributed by atoms with Gasteiger partial charge in [0.2, 0.25) is 0 Å². The molecule has 0 spiro atoms. The van der Waals surface area contributed by atoms with Crippen LogP contribution in [0.2, 0.25) is 0 Å². The van der Waals surface area contributed by atoms with E-state index in [1.54, 1.807) is 6.92 Å². The third kappa shape index (κ3) is 5.21. The molecular formula is C17H30O8. The van der Waals surface area contributed by atoms with E-state index in [4.69, 9.17) is 4.74 Å². The Bertz CT molecular complexity index is 454. The highest BCUT2D eigenvalue weighted by Gasteiger charge is 2.45. The molecule has 1 aliphatic rings. The highest BCUT2D eigenvalue weighted by molar-refractivity contribution is 5.75. The van der Waals surface area contributed by atoms with Gasteiger partial charge in [-0.25, -0.2) is 4.79 Å². The third-order valence-electron chi connectivity index (χ3n) is 5.12. The Kier molecular flexibility index (Phi) is 7.95. The van der Waals surface area contributed by atoms with Gasteiger partial charge in [0.25, 0.3) is 0 Å². The number of aliphatic hydroxyl groups is 5. The van der Waals surface area contributed by atoms with E-state index < -0.39 is 42.1 Å². The molecule has 25 heavy (non-hydrogen) atoms. The molecule has 0 aliphatic heterocycles. The predicted molar refractivity (Wildman–Crippen MR) is 87.4 cm³/mol. The van der Waals surface area contributed by atoms with Crippen molar-refractivity contribution in [2.45, 2.75) is 82.6 Å². The van der Waals surface area contributed by atoms with Crippen LogP contribution in [0.5, 0.6) is 0 Å². The van der Waals surface area contributed by atoms with Gasteiger partial charge in [-0.2, -0.15) is 0 Å². The number of carbonyl (C=O) groups excluding carboxylic acids is 2. The summed E-state index contributed by atoms with van der Waals surface area (Å²) in [5, 5.41) is 48.3. The minimum atomic E-state index is -2.12. The summed E-state index contributed by atoms with van der Waals surface area (Å²) >= 11 is 0. The molecule has 3 unspecified atom stereocenters. The monoisotopic (exact) mass is 362 g/mol. The van der Waals surface area contributed by atoms with Crippen LogP contribution >= 0.6 is 0 Å². The first-order valence-electron chi connectivity index (χ1n) is 8.63. The Morgan fingerprint density at radius 1 is 1.08 bits per heavy atom. The molecule has 7 atom stereocenters. The van der Waals surface area contributed by atoms with E-state index in [1.165, 1.54) is 0 Å². The lowest BCUT2D eigenvalue weighted by atomic mass is 9.71. The maximum atomic E-state index is 12.2. The van der Waals surface area contributed by atoms with Gasteiger partial charge in [0.15, 0.2) is 12.4 Å². The van der Waals surface area contributed by atoms with Crippen molar-refractivity contribution in [3.63, 3.8) is 0 Å². The second-order valence-electron chi connectivity index (χ2n) is 7.37. The summed E-state index contributed by atoms with van der Waals surface area (Å²) in [6, 6.07) is 0. The first-order valence-corrected chi connectivity index (χ1v) is 8.63. The fourth-order valence-electron chi connectivity index (χ4n) is 3.60. The number of esters is 1. The largest absolute Gasteiger partial charge is 0.457 e. The minimum Gasteiger partial charge on any atom is -0.457 e. The summed E-state index contributed by atoms with van der Waals surface area (Å²) in [5.41, 5.74) is -0.796. The van der Waals surface area contributed by atoms with Gasteiger partial charge in [-0.15, -0.1) is 0 Å². The first-order chi connectivity index (χ1) is 11.5. The average Bonchev–Trinajstić information content (AvgIpc) is 2.57. The molecule has 8 heteroatoms. The number of carbonyl (C=O) groups is 2. The van der Waals surface area contributed by atoms with Gasteiger partial charge in [-0.3, -0.25) is 0 Å². The molecule has 8 nitrogen and oxygen atoms in total. The van der Waals surface area contributed by atoms with Gasteiger partial charge >= 0.3 is 5.97 Å². The van der Waals surface area contributed by atoms with Crippen LogP contribution in [-0.2, 0) is 14.3 Å². The van der Waals surface area contributed by atoms with Gasteiger partial charge in [-0.1, -0.05) is 20.3 Å². The average molecular weight is 362 g/mol. The molecule has 0 heterocycles. The van der Waals surface area contributed by atoms with E-state index in [0.29, 0.717) is 6.42 Å². The van der Waals surface area contributed by atoms with Gasteiger partial charge in [0.05, 0.1) is 0 Å². The van der Waals surface area contributed by atoms with Crippen LogP contribution in [0, 0.1) is 11.8 Å². The van der Waals surface area contributed by atoms with Crippen molar-refractivity contribution in [3.8, 4) is 0 Å². The molecule has 0 aromatic heterocycles. The summed E-state index contributed by atoms with van der Waals surface area (Å²) < 4.78 is 5.48. The van der Waals surface area contributed by atoms with Crippen molar-refractivity contribution in [2.24, 2.45) is 11.8 Å². The van der Waals surface area contributed by atoms with Crippen molar-refractivity contribution in [1.82, 2.24) is 0 Å². The Morgan fingerprint density at radius 3 is 2.20 bits per heavy atom. The zero-order chi connectivity index (χ0) is 19.4. The summed E-state index contributed by atoms with van der Waals surface area (Å²) in [6.07, 6.45) is -6.93. The van der Waals surface area contributed by atoms with Crippen molar-refractivity contribution < 1.29 is 39.9 Å². The molecule has 0 amide bonds. The van der Waals surface area contributed by atoms with Crippen molar-refractivity contribution >= 4 is 12.3 Å². The fraction of sp³-hybridized carbons (Fsp3) is 0.882. The predicted octanol–water partition coefficient (Wildman–Crippen LogP) is -0.862. The SMILES string of the molecule is CC(C)C1CCCCC1(C)OC(=O)C(O)[C@@H](O)[C@@H](O)[C@H](O)[C@@H](O)C=O. The van der Waals surface area contributed by atoms with Gasteiger partial charge in [-0.05, 0) is 32.1 Å².